The fourth-order valence-electron chi connectivity index (χ4n) is 3.76. The zero-order valence-corrected chi connectivity index (χ0v) is 16.2. The van der Waals surface area contributed by atoms with Crippen molar-refractivity contribution < 1.29 is 0 Å². The number of hydrogen-bond donors (Lipinski definition) is 1. The van der Waals surface area contributed by atoms with E-state index in [0.717, 1.165) is 44.2 Å². The van der Waals surface area contributed by atoms with Gasteiger partial charge in [-0.1, -0.05) is 24.3 Å². The Hall–Kier alpha value is -4.30. The quantitative estimate of drug-likeness (QED) is 0.462. The van der Waals surface area contributed by atoms with Gasteiger partial charge in [-0.15, -0.1) is 0 Å². The lowest BCUT2D eigenvalue weighted by Crippen LogP contribution is -2.05. The van der Waals surface area contributed by atoms with Crippen molar-refractivity contribution in [3.8, 4) is 28.5 Å². The van der Waals surface area contributed by atoms with Crippen LogP contribution in [0.5, 0.6) is 0 Å². The first kappa shape index (κ1) is 17.8. The van der Waals surface area contributed by atoms with Gasteiger partial charge in [0.25, 0.3) is 0 Å². The molecule has 0 unspecified atom stereocenters. The Morgan fingerprint density at radius 3 is 2.70 bits per heavy atom. The lowest BCUT2D eigenvalue weighted by molar-refractivity contribution is 1.23. The van der Waals surface area contributed by atoms with Gasteiger partial charge in [-0.2, -0.15) is 5.26 Å². The van der Waals surface area contributed by atoms with Crippen LogP contribution in [0.3, 0.4) is 0 Å². The van der Waals surface area contributed by atoms with E-state index in [1.807, 2.05) is 49.4 Å². The van der Waals surface area contributed by atoms with E-state index < -0.39 is 0 Å². The van der Waals surface area contributed by atoms with Crippen LogP contribution in [-0.4, -0.2) is 15.0 Å². The van der Waals surface area contributed by atoms with Gasteiger partial charge >= 0.3 is 0 Å². The van der Waals surface area contributed by atoms with Gasteiger partial charge in [0, 0.05) is 34.2 Å². The van der Waals surface area contributed by atoms with E-state index in [-0.39, 0.29) is 5.56 Å². The third-order valence-corrected chi connectivity index (χ3v) is 5.33. The molecule has 3 heterocycles. The maximum Gasteiger partial charge on any atom is 0.249 e. The normalized spacial score (nSPS) is 10.9. The molecule has 5 heteroatoms. The SMILES string of the molecule is Cc1c(C#N)cccc1-c1nc2[nH]c(=O)ccc2cc1-c1ccc2ncccc2c1. The summed E-state index contributed by atoms with van der Waals surface area (Å²) < 4.78 is 0. The summed E-state index contributed by atoms with van der Waals surface area (Å²) in [7, 11) is 0. The van der Waals surface area contributed by atoms with Crippen LogP contribution < -0.4 is 5.56 Å². The standard InChI is InChI=1S/C25H16N4O/c1-15-19(14-26)4-2-6-20(15)24-21(13-18-8-10-23(30)28-25(18)29-24)16-7-9-22-17(12-16)5-3-11-27-22/h2-13H,1H3,(H,28,29,30). The van der Waals surface area contributed by atoms with Crippen molar-refractivity contribution in [3.05, 3.63) is 94.4 Å². The molecular weight excluding hydrogens is 372 g/mol. The topological polar surface area (TPSA) is 82.4 Å². The molecule has 0 aliphatic heterocycles. The van der Waals surface area contributed by atoms with Crippen LogP contribution in [0.1, 0.15) is 11.1 Å². The Labute approximate surface area is 172 Å². The molecule has 2 aromatic carbocycles. The van der Waals surface area contributed by atoms with E-state index >= 15 is 0 Å². The summed E-state index contributed by atoms with van der Waals surface area (Å²) in [6.07, 6.45) is 1.78. The molecule has 0 radical (unpaired) electrons. The van der Waals surface area contributed by atoms with Gasteiger partial charge < -0.3 is 4.98 Å². The first-order valence-corrected chi connectivity index (χ1v) is 9.53. The van der Waals surface area contributed by atoms with Gasteiger partial charge in [-0.05, 0) is 54.4 Å². The van der Waals surface area contributed by atoms with Crippen molar-refractivity contribution in [1.29, 1.82) is 5.26 Å². The summed E-state index contributed by atoms with van der Waals surface area (Å²) in [6.45, 7) is 1.92. The Morgan fingerprint density at radius 2 is 1.83 bits per heavy atom. The number of hydrogen-bond acceptors (Lipinski definition) is 4. The highest BCUT2D eigenvalue weighted by Gasteiger charge is 2.15. The summed E-state index contributed by atoms with van der Waals surface area (Å²) in [4.78, 5) is 23.9. The van der Waals surface area contributed by atoms with Crippen LogP contribution in [0.15, 0.2) is 77.7 Å². The number of rotatable bonds is 2. The highest BCUT2D eigenvalue weighted by atomic mass is 16.1. The molecule has 30 heavy (non-hydrogen) atoms. The second-order valence-corrected chi connectivity index (χ2v) is 7.15. The lowest BCUT2D eigenvalue weighted by atomic mass is 9.93. The van der Waals surface area contributed by atoms with Crippen LogP contribution in [0.4, 0.5) is 0 Å². The Morgan fingerprint density at radius 1 is 0.933 bits per heavy atom. The first-order chi connectivity index (χ1) is 14.6. The smallest absolute Gasteiger partial charge is 0.249 e. The number of fused-ring (bicyclic) bond motifs is 2. The third kappa shape index (κ3) is 2.92. The highest BCUT2D eigenvalue weighted by molar-refractivity contribution is 5.94. The van der Waals surface area contributed by atoms with Gasteiger partial charge in [0.1, 0.15) is 5.65 Å². The molecule has 0 saturated heterocycles. The zero-order valence-electron chi connectivity index (χ0n) is 16.2. The molecule has 0 amide bonds. The van der Waals surface area contributed by atoms with Crippen LogP contribution >= 0.6 is 0 Å². The molecule has 142 valence electrons. The average Bonchev–Trinajstić information content (AvgIpc) is 2.78. The zero-order chi connectivity index (χ0) is 20.7. The third-order valence-electron chi connectivity index (χ3n) is 5.33. The number of H-pyrrole nitrogens is 1. The average molecular weight is 388 g/mol. The maximum absolute atomic E-state index is 11.9. The molecular formula is C25H16N4O. The van der Waals surface area contributed by atoms with Gasteiger partial charge in [-0.3, -0.25) is 9.78 Å². The number of nitrogens with zero attached hydrogens (tertiary/aromatic N) is 3. The van der Waals surface area contributed by atoms with E-state index in [1.165, 1.54) is 6.07 Å². The summed E-state index contributed by atoms with van der Waals surface area (Å²) in [5.74, 6) is 0. The molecule has 0 atom stereocenters. The summed E-state index contributed by atoms with van der Waals surface area (Å²) in [6, 6.07) is 23.2. The van der Waals surface area contributed by atoms with Crippen molar-refractivity contribution in [2.45, 2.75) is 6.92 Å². The Balaban J connectivity index is 1.86. The number of nitrogens with one attached hydrogen (secondary N) is 1. The Bertz CT molecular complexity index is 1540. The Kier molecular flexibility index (Phi) is 4.11. The minimum atomic E-state index is -0.201. The number of benzene rings is 2. The number of aromatic amines is 1. The van der Waals surface area contributed by atoms with E-state index in [9.17, 15) is 10.1 Å². The lowest BCUT2D eigenvalue weighted by Gasteiger charge is -2.14. The second-order valence-electron chi connectivity index (χ2n) is 7.15. The molecule has 0 fully saturated rings. The molecule has 0 spiro atoms. The van der Waals surface area contributed by atoms with Gasteiger partial charge in [-0.25, -0.2) is 4.98 Å². The highest BCUT2D eigenvalue weighted by Crippen LogP contribution is 2.36. The molecule has 5 nitrogen and oxygen atoms in total. The van der Waals surface area contributed by atoms with E-state index in [1.54, 1.807) is 18.3 Å². The largest absolute Gasteiger partial charge is 0.307 e. The number of nitriles is 1. The predicted octanol–water partition coefficient (Wildman–Crippen LogP) is 4.99. The van der Waals surface area contributed by atoms with E-state index in [4.69, 9.17) is 4.98 Å². The van der Waals surface area contributed by atoms with Gasteiger partial charge in [0.2, 0.25) is 5.56 Å². The van der Waals surface area contributed by atoms with Crippen molar-refractivity contribution in [3.63, 3.8) is 0 Å². The van der Waals surface area contributed by atoms with Gasteiger partial charge in [0.15, 0.2) is 0 Å². The molecule has 0 aliphatic rings. The van der Waals surface area contributed by atoms with Crippen LogP contribution in [0.2, 0.25) is 0 Å². The molecule has 0 saturated carbocycles. The molecule has 3 aromatic heterocycles. The van der Waals surface area contributed by atoms with E-state index in [0.29, 0.717) is 11.2 Å². The maximum atomic E-state index is 11.9. The minimum Gasteiger partial charge on any atom is -0.307 e. The molecule has 5 aromatic rings. The number of aromatic nitrogens is 3. The minimum absolute atomic E-state index is 0.201. The monoisotopic (exact) mass is 388 g/mol. The van der Waals surface area contributed by atoms with Crippen molar-refractivity contribution in [1.82, 2.24) is 15.0 Å². The second kappa shape index (κ2) is 6.94. The predicted molar refractivity (Wildman–Crippen MR) is 118 cm³/mol. The molecule has 0 bridgehead atoms. The molecule has 0 aliphatic carbocycles. The van der Waals surface area contributed by atoms with Crippen LogP contribution in [-0.2, 0) is 0 Å². The van der Waals surface area contributed by atoms with E-state index in [2.05, 4.69) is 22.1 Å². The summed E-state index contributed by atoms with van der Waals surface area (Å²) in [5.41, 5.74) is 6.20. The number of pyridine rings is 3. The fraction of sp³-hybridized carbons (Fsp3) is 0.0400. The van der Waals surface area contributed by atoms with Crippen molar-refractivity contribution in [2.24, 2.45) is 0 Å². The van der Waals surface area contributed by atoms with Crippen LogP contribution in [0.25, 0.3) is 44.3 Å². The van der Waals surface area contributed by atoms with Crippen LogP contribution in [0, 0.1) is 18.3 Å². The first-order valence-electron chi connectivity index (χ1n) is 9.53. The molecule has 1 N–H and O–H groups in total. The molecule has 5 rings (SSSR count). The van der Waals surface area contributed by atoms with Crippen molar-refractivity contribution in [2.75, 3.05) is 0 Å². The summed E-state index contributed by atoms with van der Waals surface area (Å²) >= 11 is 0. The summed E-state index contributed by atoms with van der Waals surface area (Å²) in [5, 5.41) is 11.4. The fourth-order valence-corrected chi connectivity index (χ4v) is 3.76. The van der Waals surface area contributed by atoms with Gasteiger partial charge in [0.05, 0.1) is 22.8 Å². The van der Waals surface area contributed by atoms with Crippen molar-refractivity contribution >= 4 is 21.9 Å².